The van der Waals surface area contributed by atoms with E-state index in [1.54, 1.807) is 0 Å². The molecule has 2 amide bonds. The van der Waals surface area contributed by atoms with E-state index in [9.17, 15) is 14.4 Å². The van der Waals surface area contributed by atoms with E-state index < -0.39 is 11.7 Å². The molecule has 1 aliphatic carbocycles. The van der Waals surface area contributed by atoms with Gasteiger partial charge < -0.3 is 9.30 Å². The van der Waals surface area contributed by atoms with E-state index in [1.807, 2.05) is 48.7 Å². The number of amides is 2. The van der Waals surface area contributed by atoms with Crippen molar-refractivity contribution in [1.82, 2.24) is 14.5 Å². The van der Waals surface area contributed by atoms with Crippen molar-refractivity contribution in [2.75, 3.05) is 6.54 Å². The molecule has 7 heteroatoms. The monoisotopic (exact) mass is 395 g/mol. The number of benzene rings is 1. The molecule has 7 nitrogen and oxygen atoms in total. The first-order valence-corrected chi connectivity index (χ1v) is 10.1. The average Bonchev–Trinajstić information content (AvgIpc) is 2.99. The van der Waals surface area contributed by atoms with Gasteiger partial charge in [0.1, 0.15) is 11.5 Å². The lowest BCUT2D eigenvalue weighted by molar-refractivity contribution is -0.137. The Balaban J connectivity index is 1.57. The van der Waals surface area contributed by atoms with Crippen molar-refractivity contribution < 1.29 is 19.1 Å². The minimum absolute atomic E-state index is 0.272. The Morgan fingerprint density at radius 3 is 2.38 bits per heavy atom. The predicted octanol–water partition coefficient (Wildman–Crippen LogP) is 3.74. The lowest BCUT2D eigenvalue weighted by Gasteiger charge is -2.22. The van der Waals surface area contributed by atoms with E-state index in [-0.39, 0.29) is 23.9 Å². The van der Waals surface area contributed by atoms with Crippen molar-refractivity contribution in [1.29, 1.82) is 0 Å². The molecule has 1 aromatic heterocycles. The lowest BCUT2D eigenvalue weighted by atomic mass is 9.93. The fourth-order valence-corrected chi connectivity index (χ4v) is 4.43. The number of rotatable bonds is 4. The highest BCUT2D eigenvalue weighted by molar-refractivity contribution is 6.08. The van der Waals surface area contributed by atoms with Crippen LogP contribution in [0.3, 0.4) is 0 Å². The molecule has 1 aliphatic heterocycles. The van der Waals surface area contributed by atoms with Gasteiger partial charge in [-0.1, -0.05) is 31.0 Å². The molecular formula is C22H25N3O4. The van der Waals surface area contributed by atoms with Crippen LogP contribution in [0, 0.1) is 13.8 Å². The highest BCUT2D eigenvalue weighted by Crippen LogP contribution is 2.37. The fourth-order valence-electron chi connectivity index (χ4n) is 4.43. The van der Waals surface area contributed by atoms with Gasteiger partial charge in [-0.3, -0.25) is 9.59 Å². The van der Waals surface area contributed by atoms with Gasteiger partial charge in [-0.25, -0.2) is 14.7 Å². The van der Waals surface area contributed by atoms with Gasteiger partial charge in [-0.2, -0.15) is 0 Å². The normalized spacial score (nSPS) is 18.8. The van der Waals surface area contributed by atoms with E-state index in [1.165, 1.54) is 0 Å². The summed E-state index contributed by atoms with van der Waals surface area (Å²) >= 11 is 0. The zero-order chi connectivity index (χ0) is 20.6. The molecule has 1 saturated carbocycles. The molecule has 2 aromatic rings. The highest BCUT2D eigenvalue weighted by Gasteiger charge is 2.53. The minimum atomic E-state index is -1.08. The van der Waals surface area contributed by atoms with Crippen LogP contribution >= 0.6 is 0 Å². The highest BCUT2D eigenvalue weighted by atomic mass is 16.6. The van der Waals surface area contributed by atoms with Gasteiger partial charge in [-0.05, 0) is 51.7 Å². The smallest absolute Gasteiger partial charge is 0.418 e. The number of aryl methyl sites for hydroxylation is 1. The molecule has 0 unspecified atom stereocenters. The van der Waals surface area contributed by atoms with Crippen LogP contribution in [0.5, 0.6) is 0 Å². The second-order valence-corrected chi connectivity index (χ2v) is 7.85. The predicted molar refractivity (Wildman–Crippen MR) is 106 cm³/mol. The van der Waals surface area contributed by atoms with Crippen molar-refractivity contribution >= 4 is 17.8 Å². The largest absolute Gasteiger partial charge is 0.432 e. The maximum Gasteiger partial charge on any atom is 0.418 e. The van der Waals surface area contributed by atoms with E-state index in [2.05, 4.69) is 4.98 Å². The topological polar surface area (TPSA) is 81.5 Å². The second-order valence-electron chi connectivity index (χ2n) is 7.85. The molecule has 0 bridgehead atoms. The summed E-state index contributed by atoms with van der Waals surface area (Å²) in [5.41, 5.74) is 0.780. The molecule has 1 spiro atoms. The average molecular weight is 395 g/mol. The zero-order valence-electron chi connectivity index (χ0n) is 16.8. The molecule has 2 aliphatic rings. The van der Waals surface area contributed by atoms with Gasteiger partial charge in [0.2, 0.25) is 5.78 Å². The molecule has 1 aromatic carbocycles. The zero-order valence-corrected chi connectivity index (χ0v) is 16.8. The van der Waals surface area contributed by atoms with Gasteiger partial charge in [0.05, 0.1) is 12.2 Å². The molecule has 0 atom stereocenters. The van der Waals surface area contributed by atoms with Gasteiger partial charge in [0, 0.05) is 5.69 Å². The Kier molecular flexibility index (Phi) is 4.98. The molecule has 2 fully saturated rings. The number of carbonyl (C=O) groups excluding carboxylic acids is 3. The number of ketones is 1. The number of hydrogen-bond acceptors (Lipinski definition) is 5. The maximum absolute atomic E-state index is 13.0. The molecule has 2 heterocycles. The van der Waals surface area contributed by atoms with Crippen LogP contribution in [0.15, 0.2) is 30.3 Å². The minimum Gasteiger partial charge on any atom is -0.432 e. The van der Waals surface area contributed by atoms with Crippen LogP contribution < -0.4 is 0 Å². The van der Waals surface area contributed by atoms with Crippen LogP contribution in [0.4, 0.5) is 4.79 Å². The number of nitrogens with zero attached hydrogens (tertiary/aromatic N) is 3. The summed E-state index contributed by atoms with van der Waals surface area (Å²) in [5.74, 6) is -0.0708. The first kappa shape index (κ1) is 19.4. The van der Waals surface area contributed by atoms with Crippen LogP contribution in [-0.2, 0) is 9.53 Å². The maximum atomic E-state index is 13.0. The van der Waals surface area contributed by atoms with E-state index in [4.69, 9.17) is 4.74 Å². The second kappa shape index (κ2) is 7.46. The number of aromatic nitrogens is 2. The van der Waals surface area contributed by atoms with Crippen LogP contribution in [0.25, 0.3) is 5.69 Å². The summed E-state index contributed by atoms with van der Waals surface area (Å²) in [4.78, 5) is 43.8. The Hall–Kier alpha value is -2.96. The quantitative estimate of drug-likeness (QED) is 0.737. The van der Waals surface area contributed by atoms with Gasteiger partial charge in [-0.15, -0.1) is 0 Å². The first-order valence-electron chi connectivity index (χ1n) is 10.1. The number of hydrogen-bond donors (Lipinski definition) is 0. The number of imide groups is 1. The summed E-state index contributed by atoms with van der Waals surface area (Å²) in [6.45, 7) is 3.30. The van der Waals surface area contributed by atoms with Crippen molar-refractivity contribution in [2.24, 2.45) is 0 Å². The van der Waals surface area contributed by atoms with Gasteiger partial charge in [0.25, 0.3) is 5.91 Å². The third-order valence-corrected chi connectivity index (χ3v) is 5.90. The first-order chi connectivity index (χ1) is 13.9. The third kappa shape index (κ3) is 3.34. The Morgan fingerprint density at radius 1 is 1.07 bits per heavy atom. The standard InChI is InChI=1S/C22H25N3O4/c1-15-19(23-16(2)25(15)17-10-6-5-7-11-17)18(26)14-24-20(27)22(29-21(24)28)12-8-3-4-9-13-22/h5-7,10-11H,3-4,8-9,12-14H2,1-2H3. The van der Waals surface area contributed by atoms with Crippen LogP contribution in [0.2, 0.25) is 0 Å². The van der Waals surface area contributed by atoms with Crippen molar-refractivity contribution in [3.63, 3.8) is 0 Å². The molecule has 0 N–H and O–H groups in total. The molecule has 1 saturated heterocycles. The number of carbonyl (C=O) groups is 3. The fraction of sp³-hybridized carbons (Fsp3) is 0.455. The summed E-state index contributed by atoms with van der Waals surface area (Å²) in [5, 5.41) is 0. The Morgan fingerprint density at radius 2 is 1.72 bits per heavy atom. The van der Waals surface area contributed by atoms with Gasteiger partial charge >= 0.3 is 6.09 Å². The van der Waals surface area contributed by atoms with E-state index in [0.29, 0.717) is 24.4 Å². The molecule has 29 heavy (non-hydrogen) atoms. The van der Waals surface area contributed by atoms with Crippen LogP contribution in [-0.4, -0.2) is 44.4 Å². The number of imidazole rings is 1. The Labute approximate surface area is 169 Å². The van der Waals surface area contributed by atoms with Gasteiger partial charge in [0.15, 0.2) is 5.60 Å². The third-order valence-electron chi connectivity index (χ3n) is 5.90. The van der Waals surface area contributed by atoms with E-state index in [0.717, 1.165) is 36.3 Å². The number of Topliss-reactive ketones (excluding diaryl/α,β-unsaturated/α-hetero) is 1. The molecule has 0 radical (unpaired) electrons. The molecule has 4 rings (SSSR count). The Bertz CT molecular complexity index is 956. The molecular weight excluding hydrogens is 370 g/mol. The van der Waals surface area contributed by atoms with Crippen molar-refractivity contribution in [2.45, 2.75) is 58.0 Å². The number of ether oxygens (including phenoxy) is 1. The SMILES string of the molecule is Cc1nc(C(=O)CN2C(=O)OC3(CCCCCC3)C2=O)c(C)n1-c1ccccc1. The molecule has 152 valence electrons. The number of para-hydroxylation sites is 1. The lowest BCUT2D eigenvalue weighted by Crippen LogP contribution is -2.42. The summed E-state index contributed by atoms with van der Waals surface area (Å²) in [7, 11) is 0. The van der Waals surface area contributed by atoms with E-state index >= 15 is 0 Å². The summed E-state index contributed by atoms with van der Waals surface area (Å²) in [6, 6.07) is 9.63. The summed E-state index contributed by atoms with van der Waals surface area (Å²) < 4.78 is 7.41. The van der Waals surface area contributed by atoms with Crippen LogP contribution in [0.1, 0.15) is 60.5 Å². The van der Waals surface area contributed by atoms with Crippen molar-refractivity contribution in [3.05, 3.63) is 47.5 Å². The summed E-state index contributed by atoms with van der Waals surface area (Å²) in [6.07, 6.45) is 4.09. The van der Waals surface area contributed by atoms with Crippen molar-refractivity contribution in [3.8, 4) is 5.69 Å².